The van der Waals surface area contributed by atoms with Gasteiger partial charge in [-0.2, -0.15) is 4.98 Å². The Morgan fingerprint density at radius 1 is 1.33 bits per heavy atom. The quantitative estimate of drug-likeness (QED) is 0.781. The lowest BCUT2D eigenvalue weighted by Gasteiger charge is -2.32. The molecule has 0 radical (unpaired) electrons. The summed E-state index contributed by atoms with van der Waals surface area (Å²) in [6.45, 7) is 1.81. The topological polar surface area (TPSA) is 68.5 Å². The zero-order valence-electron chi connectivity index (χ0n) is 13.8. The second-order valence-electron chi connectivity index (χ2n) is 6.10. The maximum atomic E-state index is 12.4. The number of nitrogens with zero attached hydrogens (tertiary/aromatic N) is 3. The first kappa shape index (κ1) is 16.6. The number of carbonyl (C=O) groups is 1. The monoisotopic (exact) mass is 329 g/mol. The molecule has 1 fully saturated rings. The summed E-state index contributed by atoms with van der Waals surface area (Å²) >= 11 is 0. The predicted octanol–water partition coefficient (Wildman–Crippen LogP) is 2.60. The molecule has 0 aliphatic carbocycles. The summed E-state index contributed by atoms with van der Waals surface area (Å²) in [5, 5.41) is 3.73. The number of amides is 1. The molecule has 128 valence electrons. The van der Waals surface area contributed by atoms with E-state index in [1.165, 1.54) is 12.0 Å². The molecule has 1 aliphatic rings. The molecule has 0 N–H and O–H groups in total. The first-order chi connectivity index (χ1) is 11.8. The lowest BCUT2D eigenvalue weighted by atomic mass is 10.1. The van der Waals surface area contributed by atoms with Crippen LogP contribution in [0.4, 0.5) is 0 Å². The Morgan fingerprint density at radius 3 is 3.00 bits per heavy atom. The number of rotatable bonds is 7. The molecule has 0 saturated carbocycles. The third-order valence-corrected chi connectivity index (χ3v) is 4.28. The zero-order chi connectivity index (χ0) is 16.6. The van der Waals surface area contributed by atoms with E-state index in [4.69, 9.17) is 4.74 Å². The van der Waals surface area contributed by atoms with E-state index in [9.17, 15) is 4.79 Å². The second kappa shape index (κ2) is 8.59. The highest BCUT2D eigenvalue weighted by Gasteiger charge is 2.24. The van der Waals surface area contributed by atoms with Crippen molar-refractivity contribution in [1.82, 2.24) is 15.0 Å². The van der Waals surface area contributed by atoms with Crippen molar-refractivity contribution in [2.75, 3.05) is 13.1 Å². The van der Waals surface area contributed by atoms with Crippen LogP contribution in [0.25, 0.3) is 0 Å². The van der Waals surface area contributed by atoms with E-state index in [1.807, 2.05) is 23.1 Å². The van der Waals surface area contributed by atoms with Crippen LogP contribution >= 0.6 is 0 Å². The molecular formula is C18H23N3O3. The molecule has 6 nitrogen and oxygen atoms in total. The van der Waals surface area contributed by atoms with Gasteiger partial charge in [-0.1, -0.05) is 35.5 Å². The van der Waals surface area contributed by atoms with Gasteiger partial charge in [0.15, 0.2) is 5.82 Å². The normalized spacial score (nSPS) is 17.8. The number of hydrogen-bond acceptors (Lipinski definition) is 5. The highest BCUT2D eigenvalue weighted by molar-refractivity contribution is 5.76. The highest BCUT2D eigenvalue weighted by atomic mass is 16.5. The number of ether oxygens (including phenoxy) is 1. The summed E-state index contributed by atoms with van der Waals surface area (Å²) in [5.74, 6) is 0.764. The van der Waals surface area contributed by atoms with E-state index in [0.29, 0.717) is 25.4 Å². The summed E-state index contributed by atoms with van der Waals surface area (Å²) in [7, 11) is 0. The Labute approximate surface area is 141 Å². The van der Waals surface area contributed by atoms with Crippen LogP contribution in [0.3, 0.4) is 0 Å². The Kier molecular flexibility index (Phi) is 5.96. The molecule has 6 heteroatoms. The van der Waals surface area contributed by atoms with Crippen LogP contribution < -0.4 is 0 Å². The van der Waals surface area contributed by atoms with Crippen molar-refractivity contribution in [3.05, 3.63) is 48.1 Å². The molecule has 2 aromatic rings. The molecule has 1 unspecified atom stereocenters. The number of hydrogen-bond donors (Lipinski definition) is 0. The SMILES string of the molecule is O=C(CCCc1ccccc1)N1CCCC(OCc2ncon2)C1. The minimum Gasteiger partial charge on any atom is -0.368 e. The average Bonchev–Trinajstić information content (AvgIpc) is 3.15. The van der Waals surface area contributed by atoms with Crippen molar-refractivity contribution in [2.24, 2.45) is 0 Å². The van der Waals surface area contributed by atoms with Crippen LogP contribution in [0.15, 0.2) is 41.2 Å². The number of benzene rings is 1. The Balaban J connectivity index is 1.39. The van der Waals surface area contributed by atoms with Crippen molar-refractivity contribution in [2.45, 2.75) is 44.8 Å². The minimum atomic E-state index is 0.0512. The first-order valence-corrected chi connectivity index (χ1v) is 8.50. The fourth-order valence-electron chi connectivity index (χ4n) is 3.00. The van der Waals surface area contributed by atoms with Gasteiger partial charge in [-0.15, -0.1) is 0 Å². The van der Waals surface area contributed by atoms with Crippen LogP contribution in [0.5, 0.6) is 0 Å². The third-order valence-electron chi connectivity index (χ3n) is 4.28. The number of piperidine rings is 1. The largest absolute Gasteiger partial charge is 0.368 e. The number of carbonyl (C=O) groups excluding carboxylic acids is 1. The van der Waals surface area contributed by atoms with Gasteiger partial charge < -0.3 is 14.2 Å². The molecule has 1 aliphatic heterocycles. The average molecular weight is 329 g/mol. The molecule has 1 aromatic carbocycles. The predicted molar refractivity (Wildman–Crippen MR) is 88.1 cm³/mol. The minimum absolute atomic E-state index is 0.0512. The van der Waals surface area contributed by atoms with Gasteiger partial charge in [0.1, 0.15) is 6.61 Å². The van der Waals surface area contributed by atoms with Gasteiger partial charge in [0.2, 0.25) is 12.3 Å². The number of likely N-dealkylation sites (tertiary alicyclic amines) is 1. The van der Waals surface area contributed by atoms with Crippen LogP contribution in [-0.2, 0) is 22.6 Å². The lowest BCUT2D eigenvalue weighted by molar-refractivity contribution is -0.135. The van der Waals surface area contributed by atoms with E-state index >= 15 is 0 Å². The van der Waals surface area contributed by atoms with E-state index in [1.54, 1.807) is 0 Å². The van der Waals surface area contributed by atoms with Crippen LogP contribution in [0.1, 0.15) is 37.1 Å². The van der Waals surface area contributed by atoms with E-state index in [2.05, 4.69) is 26.8 Å². The molecule has 1 saturated heterocycles. The molecular weight excluding hydrogens is 306 g/mol. The van der Waals surface area contributed by atoms with Crippen molar-refractivity contribution < 1.29 is 14.1 Å². The Bertz CT molecular complexity index is 616. The van der Waals surface area contributed by atoms with Crippen molar-refractivity contribution >= 4 is 5.91 Å². The number of aromatic nitrogens is 2. The Hall–Kier alpha value is -2.21. The molecule has 2 heterocycles. The molecule has 0 bridgehead atoms. The van der Waals surface area contributed by atoms with Crippen LogP contribution in [0.2, 0.25) is 0 Å². The first-order valence-electron chi connectivity index (χ1n) is 8.50. The molecule has 1 atom stereocenters. The molecule has 3 rings (SSSR count). The van der Waals surface area contributed by atoms with Gasteiger partial charge in [-0.25, -0.2) is 0 Å². The van der Waals surface area contributed by atoms with Crippen molar-refractivity contribution in [3.8, 4) is 0 Å². The maximum absolute atomic E-state index is 12.4. The number of aryl methyl sites for hydroxylation is 1. The smallest absolute Gasteiger partial charge is 0.222 e. The van der Waals surface area contributed by atoms with Gasteiger partial charge in [0, 0.05) is 19.5 Å². The summed E-state index contributed by atoms with van der Waals surface area (Å²) < 4.78 is 10.5. The summed E-state index contributed by atoms with van der Waals surface area (Å²) in [6.07, 6.45) is 5.70. The fourth-order valence-corrected chi connectivity index (χ4v) is 3.00. The standard InChI is InChI=1S/C18H23N3O3/c22-18(10-4-8-15-6-2-1-3-7-15)21-11-5-9-16(12-21)23-13-17-19-14-24-20-17/h1-3,6-7,14,16H,4-5,8-13H2. The molecule has 24 heavy (non-hydrogen) atoms. The highest BCUT2D eigenvalue weighted by Crippen LogP contribution is 2.16. The molecule has 1 aromatic heterocycles. The van der Waals surface area contributed by atoms with Gasteiger partial charge in [-0.05, 0) is 31.2 Å². The van der Waals surface area contributed by atoms with E-state index < -0.39 is 0 Å². The zero-order valence-corrected chi connectivity index (χ0v) is 13.8. The van der Waals surface area contributed by atoms with Gasteiger partial charge in [0.05, 0.1) is 6.10 Å². The summed E-state index contributed by atoms with van der Waals surface area (Å²) in [5.41, 5.74) is 1.28. The van der Waals surface area contributed by atoms with Gasteiger partial charge in [0.25, 0.3) is 0 Å². The van der Waals surface area contributed by atoms with Crippen molar-refractivity contribution in [3.63, 3.8) is 0 Å². The van der Waals surface area contributed by atoms with Gasteiger partial charge >= 0.3 is 0 Å². The van der Waals surface area contributed by atoms with Crippen LogP contribution in [0, 0.1) is 0 Å². The van der Waals surface area contributed by atoms with Crippen LogP contribution in [-0.4, -0.2) is 40.1 Å². The fraction of sp³-hybridized carbons (Fsp3) is 0.500. The summed E-state index contributed by atoms with van der Waals surface area (Å²) in [4.78, 5) is 18.3. The Morgan fingerprint density at radius 2 is 2.21 bits per heavy atom. The molecule has 1 amide bonds. The van der Waals surface area contributed by atoms with Gasteiger partial charge in [-0.3, -0.25) is 4.79 Å². The molecule has 0 spiro atoms. The van der Waals surface area contributed by atoms with Crippen molar-refractivity contribution in [1.29, 1.82) is 0 Å². The van der Waals surface area contributed by atoms with E-state index in [-0.39, 0.29) is 12.0 Å². The lowest BCUT2D eigenvalue weighted by Crippen LogP contribution is -2.43. The third kappa shape index (κ3) is 4.89. The van der Waals surface area contributed by atoms with E-state index in [0.717, 1.165) is 32.2 Å². The maximum Gasteiger partial charge on any atom is 0.222 e. The second-order valence-corrected chi connectivity index (χ2v) is 6.10. The summed E-state index contributed by atoms with van der Waals surface area (Å²) in [6, 6.07) is 10.3.